The summed E-state index contributed by atoms with van der Waals surface area (Å²) in [6.45, 7) is 2.00. The number of nitrogens with one attached hydrogen (secondary N) is 1. The molecule has 0 saturated carbocycles. The third-order valence-corrected chi connectivity index (χ3v) is 3.56. The Morgan fingerprint density at radius 1 is 1.26 bits per heavy atom. The summed E-state index contributed by atoms with van der Waals surface area (Å²) < 4.78 is 28.5. The lowest BCUT2D eigenvalue weighted by Crippen LogP contribution is -2.30. The Balaban J connectivity index is 2.01. The molecule has 2 aromatic rings. The minimum absolute atomic E-state index is 0.0807. The first-order chi connectivity index (χ1) is 11.0. The normalized spacial score (nSPS) is 12.0. The summed E-state index contributed by atoms with van der Waals surface area (Å²) >= 11 is 0. The van der Waals surface area contributed by atoms with Gasteiger partial charge >= 0.3 is 0 Å². The molecule has 1 aromatic heterocycles. The second-order valence-electron chi connectivity index (χ2n) is 5.18. The Kier molecular flexibility index (Phi) is 5.62. The van der Waals surface area contributed by atoms with E-state index in [9.17, 15) is 18.4 Å². The lowest BCUT2D eigenvalue weighted by Gasteiger charge is -2.18. The molecule has 0 spiro atoms. The maximum absolute atomic E-state index is 13.8. The van der Waals surface area contributed by atoms with Crippen LogP contribution in [0.25, 0.3) is 0 Å². The quantitative estimate of drug-likeness (QED) is 0.890. The Labute approximate surface area is 132 Å². The van der Waals surface area contributed by atoms with Gasteiger partial charge in [0, 0.05) is 30.8 Å². The fraction of sp³-hybridized carbons (Fsp3) is 0.294. The zero-order valence-corrected chi connectivity index (χ0v) is 12.8. The van der Waals surface area contributed by atoms with E-state index in [1.807, 2.05) is 0 Å². The van der Waals surface area contributed by atoms with E-state index in [1.165, 1.54) is 10.6 Å². The predicted octanol–water partition coefficient (Wildman–Crippen LogP) is 2.78. The van der Waals surface area contributed by atoms with Crippen LogP contribution >= 0.6 is 0 Å². The molecule has 1 amide bonds. The van der Waals surface area contributed by atoms with Crippen molar-refractivity contribution in [1.82, 2.24) is 9.88 Å². The maximum atomic E-state index is 13.8. The van der Waals surface area contributed by atoms with E-state index in [0.29, 0.717) is 6.42 Å². The largest absolute Gasteiger partial charge is 0.349 e. The first-order valence-electron chi connectivity index (χ1n) is 7.41. The van der Waals surface area contributed by atoms with Crippen LogP contribution < -0.4 is 10.9 Å². The molecule has 0 aliphatic rings. The first kappa shape index (κ1) is 16.9. The lowest BCUT2D eigenvalue weighted by molar-refractivity contribution is -0.122. The number of benzene rings is 1. The maximum Gasteiger partial charge on any atom is 0.250 e. The zero-order chi connectivity index (χ0) is 16.8. The molecular formula is C17H18F2N2O2. The minimum atomic E-state index is -0.606. The second-order valence-corrected chi connectivity index (χ2v) is 5.18. The van der Waals surface area contributed by atoms with Crippen molar-refractivity contribution in [3.05, 3.63) is 70.1 Å². The van der Waals surface area contributed by atoms with Crippen molar-refractivity contribution in [1.29, 1.82) is 0 Å². The van der Waals surface area contributed by atoms with Crippen LogP contribution in [0.2, 0.25) is 0 Å². The summed E-state index contributed by atoms with van der Waals surface area (Å²) in [4.78, 5) is 23.6. The molecule has 0 aliphatic heterocycles. The van der Waals surface area contributed by atoms with Crippen LogP contribution in [0.1, 0.15) is 31.4 Å². The fourth-order valence-electron chi connectivity index (χ4n) is 2.32. The lowest BCUT2D eigenvalue weighted by atomic mass is 10.0. The molecule has 4 nitrogen and oxygen atoms in total. The van der Waals surface area contributed by atoms with Gasteiger partial charge in [0.1, 0.15) is 11.6 Å². The van der Waals surface area contributed by atoms with Gasteiger partial charge in [0.25, 0.3) is 5.56 Å². The van der Waals surface area contributed by atoms with Crippen LogP contribution in [0.3, 0.4) is 0 Å². The third kappa shape index (κ3) is 4.48. The molecule has 122 valence electrons. The van der Waals surface area contributed by atoms with Gasteiger partial charge in [-0.05, 0) is 30.7 Å². The van der Waals surface area contributed by atoms with Gasteiger partial charge in [0.2, 0.25) is 5.91 Å². The molecule has 1 heterocycles. The summed E-state index contributed by atoms with van der Waals surface area (Å²) in [5.41, 5.74) is -0.0683. The summed E-state index contributed by atoms with van der Waals surface area (Å²) in [6.07, 6.45) is 2.11. The van der Waals surface area contributed by atoms with E-state index in [1.54, 1.807) is 25.3 Å². The first-order valence-corrected chi connectivity index (χ1v) is 7.41. The summed E-state index contributed by atoms with van der Waals surface area (Å²) in [5, 5.41) is 2.68. The number of carbonyl (C=O) groups is 1. The van der Waals surface area contributed by atoms with Crippen molar-refractivity contribution >= 4 is 5.91 Å². The number of nitrogens with zero attached hydrogens (tertiary/aromatic N) is 1. The van der Waals surface area contributed by atoms with Gasteiger partial charge in [-0.3, -0.25) is 9.59 Å². The Bertz CT molecular complexity index is 743. The smallest absolute Gasteiger partial charge is 0.250 e. The van der Waals surface area contributed by atoms with E-state index in [0.717, 1.165) is 18.2 Å². The number of hydrogen-bond donors (Lipinski definition) is 1. The van der Waals surface area contributed by atoms with Crippen LogP contribution in [0, 0.1) is 11.6 Å². The number of hydrogen-bond acceptors (Lipinski definition) is 2. The van der Waals surface area contributed by atoms with Crippen LogP contribution in [0.4, 0.5) is 8.78 Å². The van der Waals surface area contributed by atoms with Gasteiger partial charge in [-0.1, -0.05) is 13.0 Å². The number of aryl methyl sites for hydroxylation is 1. The Morgan fingerprint density at radius 2 is 2.04 bits per heavy atom. The van der Waals surface area contributed by atoms with E-state index >= 15 is 0 Å². The highest BCUT2D eigenvalue weighted by molar-refractivity contribution is 5.76. The molecule has 1 atom stereocenters. The molecule has 0 unspecified atom stereocenters. The van der Waals surface area contributed by atoms with Crippen LogP contribution in [-0.4, -0.2) is 10.5 Å². The summed E-state index contributed by atoms with van der Waals surface area (Å²) in [7, 11) is 0. The van der Waals surface area contributed by atoms with Crippen molar-refractivity contribution in [2.75, 3.05) is 0 Å². The van der Waals surface area contributed by atoms with Gasteiger partial charge in [-0.25, -0.2) is 8.78 Å². The molecule has 0 saturated heterocycles. The average Bonchev–Trinajstić information content (AvgIpc) is 2.54. The molecule has 6 heteroatoms. The minimum Gasteiger partial charge on any atom is -0.349 e. The summed E-state index contributed by atoms with van der Waals surface area (Å²) in [6, 6.07) is 7.30. The standard InChI is InChI=1S/C17H18F2N2O2/c1-2-15(13-11-12(18)6-7-14(13)19)20-16(22)8-10-21-9-4-3-5-17(21)23/h3-7,9,11,15H,2,8,10H2,1H3,(H,20,22)/t15-/m1/s1. The predicted molar refractivity (Wildman–Crippen MR) is 82.9 cm³/mol. The molecule has 0 fully saturated rings. The number of carbonyl (C=O) groups excluding carboxylic acids is 1. The van der Waals surface area contributed by atoms with Crippen LogP contribution in [0.15, 0.2) is 47.4 Å². The molecule has 0 aliphatic carbocycles. The highest BCUT2D eigenvalue weighted by Crippen LogP contribution is 2.21. The topological polar surface area (TPSA) is 51.1 Å². The Hall–Kier alpha value is -2.50. The van der Waals surface area contributed by atoms with Gasteiger partial charge in [0.05, 0.1) is 6.04 Å². The van der Waals surface area contributed by atoms with Crippen LogP contribution in [-0.2, 0) is 11.3 Å². The number of amides is 1. The molecule has 1 N–H and O–H groups in total. The monoisotopic (exact) mass is 320 g/mol. The average molecular weight is 320 g/mol. The zero-order valence-electron chi connectivity index (χ0n) is 12.8. The van der Waals surface area contributed by atoms with Crippen molar-refractivity contribution < 1.29 is 13.6 Å². The van der Waals surface area contributed by atoms with Gasteiger partial charge < -0.3 is 9.88 Å². The van der Waals surface area contributed by atoms with Crippen LogP contribution in [0.5, 0.6) is 0 Å². The van der Waals surface area contributed by atoms with Crippen molar-refractivity contribution in [3.8, 4) is 0 Å². The molecule has 23 heavy (non-hydrogen) atoms. The molecular weight excluding hydrogens is 302 g/mol. The van der Waals surface area contributed by atoms with E-state index < -0.39 is 17.7 Å². The molecule has 0 bridgehead atoms. The SMILES string of the molecule is CC[C@@H](NC(=O)CCn1ccccc1=O)c1cc(F)ccc1F. The number of halogens is 2. The summed E-state index contributed by atoms with van der Waals surface area (Å²) in [5.74, 6) is -1.43. The molecule has 2 rings (SSSR count). The fourth-order valence-corrected chi connectivity index (χ4v) is 2.32. The second kappa shape index (κ2) is 7.67. The highest BCUT2D eigenvalue weighted by Gasteiger charge is 2.17. The van der Waals surface area contributed by atoms with Gasteiger partial charge in [0.15, 0.2) is 0 Å². The molecule has 1 aromatic carbocycles. The number of rotatable bonds is 6. The van der Waals surface area contributed by atoms with Gasteiger partial charge in [-0.2, -0.15) is 0 Å². The Morgan fingerprint density at radius 3 is 2.74 bits per heavy atom. The van der Waals surface area contributed by atoms with E-state index in [4.69, 9.17) is 0 Å². The van der Waals surface area contributed by atoms with E-state index in [-0.39, 0.29) is 30.0 Å². The van der Waals surface area contributed by atoms with Crippen molar-refractivity contribution in [2.45, 2.75) is 32.4 Å². The highest BCUT2D eigenvalue weighted by atomic mass is 19.1. The van der Waals surface area contributed by atoms with E-state index in [2.05, 4.69) is 5.32 Å². The third-order valence-electron chi connectivity index (χ3n) is 3.56. The van der Waals surface area contributed by atoms with Crippen molar-refractivity contribution in [2.24, 2.45) is 0 Å². The molecule has 0 radical (unpaired) electrons. The van der Waals surface area contributed by atoms with Gasteiger partial charge in [-0.15, -0.1) is 0 Å². The number of aromatic nitrogens is 1. The number of pyridine rings is 1. The van der Waals surface area contributed by atoms with Crippen molar-refractivity contribution in [3.63, 3.8) is 0 Å².